The fourth-order valence-electron chi connectivity index (χ4n) is 11.2. The average Bonchev–Trinajstić information content (AvgIpc) is 3.04. The van der Waals surface area contributed by atoms with Gasteiger partial charge >= 0.3 is 0 Å². The molecule has 0 heterocycles. The van der Waals surface area contributed by atoms with Gasteiger partial charge in [0, 0.05) is 36.3 Å². The summed E-state index contributed by atoms with van der Waals surface area (Å²) >= 11 is 0. The lowest BCUT2D eigenvalue weighted by molar-refractivity contribution is 0.0108. The van der Waals surface area contributed by atoms with Crippen molar-refractivity contribution in [3.63, 3.8) is 0 Å². The normalized spacial score (nSPS) is 35.0. The lowest BCUT2D eigenvalue weighted by Crippen LogP contribution is -2.52. The summed E-state index contributed by atoms with van der Waals surface area (Å²) in [6.07, 6.45) is 45.6. The summed E-state index contributed by atoms with van der Waals surface area (Å²) in [6, 6.07) is 5.63. The molecule has 6 fully saturated rings. The van der Waals surface area contributed by atoms with Crippen LogP contribution < -0.4 is 0 Å². The van der Waals surface area contributed by atoms with Gasteiger partial charge in [-0.3, -0.25) is 9.80 Å². The molecule has 0 bridgehead atoms. The van der Waals surface area contributed by atoms with Crippen LogP contribution in [0.5, 0.6) is 0 Å². The summed E-state index contributed by atoms with van der Waals surface area (Å²) in [5.41, 5.74) is 0. The highest BCUT2D eigenvalue weighted by molar-refractivity contribution is 4.93. The quantitative estimate of drug-likeness (QED) is 0.281. The van der Waals surface area contributed by atoms with E-state index < -0.39 is 0 Å². The van der Waals surface area contributed by atoms with Crippen molar-refractivity contribution in [3.8, 4) is 0 Å². The van der Waals surface area contributed by atoms with E-state index in [1.54, 1.807) is 38.5 Å². The highest BCUT2D eigenvalue weighted by atomic mass is 15.2. The highest BCUT2D eigenvalue weighted by Gasteiger charge is 2.38. The molecule has 0 aromatic carbocycles. The van der Waals surface area contributed by atoms with Gasteiger partial charge in [-0.2, -0.15) is 0 Å². The second-order valence-corrected chi connectivity index (χ2v) is 16.0. The van der Waals surface area contributed by atoms with Crippen molar-refractivity contribution in [1.29, 1.82) is 0 Å². The van der Waals surface area contributed by atoms with Gasteiger partial charge in [0.15, 0.2) is 0 Å². The summed E-state index contributed by atoms with van der Waals surface area (Å²) in [5.74, 6) is 2.10. The minimum Gasteiger partial charge on any atom is -0.294 e. The van der Waals surface area contributed by atoms with Gasteiger partial charge in [-0.25, -0.2) is 0 Å². The predicted molar refractivity (Wildman–Crippen MR) is 172 cm³/mol. The molecule has 0 aliphatic heterocycles. The van der Waals surface area contributed by atoms with E-state index in [1.165, 1.54) is 154 Å². The van der Waals surface area contributed by atoms with Crippen molar-refractivity contribution >= 4 is 0 Å². The fourth-order valence-corrected chi connectivity index (χ4v) is 11.2. The van der Waals surface area contributed by atoms with Crippen LogP contribution in [0.15, 0.2) is 0 Å². The second kappa shape index (κ2) is 15.6. The molecule has 0 radical (unpaired) electrons. The molecule has 0 N–H and O–H groups in total. The zero-order valence-electron chi connectivity index (χ0n) is 26.7. The number of hydrogen-bond donors (Lipinski definition) is 0. The van der Waals surface area contributed by atoms with E-state index in [0.717, 1.165) is 48.1 Å². The minimum atomic E-state index is 0.934. The van der Waals surface area contributed by atoms with Crippen molar-refractivity contribution in [2.24, 2.45) is 11.8 Å². The molecule has 230 valence electrons. The van der Waals surface area contributed by atoms with Crippen LogP contribution in [0, 0.1) is 11.8 Å². The second-order valence-electron chi connectivity index (χ2n) is 16.0. The third-order valence-corrected chi connectivity index (χ3v) is 13.4. The zero-order valence-corrected chi connectivity index (χ0v) is 26.7. The lowest BCUT2D eigenvalue weighted by Gasteiger charge is -2.49. The van der Waals surface area contributed by atoms with Crippen LogP contribution >= 0.6 is 0 Å². The third-order valence-electron chi connectivity index (χ3n) is 13.4. The Hall–Kier alpha value is -0.0800. The molecule has 0 spiro atoms. The van der Waals surface area contributed by atoms with Crippen molar-refractivity contribution in [2.75, 3.05) is 0 Å². The van der Waals surface area contributed by atoms with Crippen LogP contribution in [-0.4, -0.2) is 46.1 Å². The van der Waals surface area contributed by atoms with Gasteiger partial charge in [-0.05, 0) is 115 Å². The van der Waals surface area contributed by atoms with E-state index in [2.05, 4.69) is 9.80 Å². The van der Waals surface area contributed by atoms with Gasteiger partial charge in [0.2, 0.25) is 0 Å². The molecule has 0 aromatic heterocycles. The summed E-state index contributed by atoms with van der Waals surface area (Å²) in [4.78, 5) is 6.36. The van der Waals surface area contributed by atoms with Crippen LogP contribution in [-0.2, 0) is 0 Å². The van der Waals surface area contributed by atoms with E-state index in [1.807, 2.05) is 0 Å². The molecule has 0 saturated heterocycles. The van der Waals surface area contributed by atoms with Gasteiger partial charge in [0.1, 0.15) is 0 Å². The van der Waals surface area contributed by atoms with Crippen molar-refractivity contribution < 1.29 is 0 Å². The molecule has 6 saturated carbocycles. The zero-order chi connectivity index (χ0) is 27.0. The Morgan fingerprint density at radius 3 is 0.725 bits per heavy atom. The Bertz CT molecular complexity index is 584. The molecule has 6 rings (SSSR count). The molecule has 6 aliphatic carbocycles. The lowest BCUT2D eigenvalue weighted by atomic mass is 9.76. The van der Waals surface area contributed by atoms with E-state index in [0.29, 0.717) is 0 Å². The average molecular weight is 553 g/mol. The largest absolute Gasteiger partial charge is 0.294 e. The first-order valence-corrected chi connectivity index (χ1v) is 19.4. The first-order valence-electron chi connectivity index (χ1n) is 19.4. The number of rotatable bonds is 9. The van der Waals surface area contributed by atoms with Gasteiger partial charge < -0.3 is 0 Å². The van der Waals surface area contributed by atoms with E-state index in [9.17, 15) is 0 Å². The Kier molecular flexibility index (Phi) is 11.7. The third kappa shape index (κ3) is 7.89. The maximum Gasteiger partial charge on any atom is 0.0101 e. The predicted octanol–water partition coefficient (Wildman–Crippen LogP) is 10.8. The monoisotopic (exact) mass is 553 g/mol. The van der Waals surface area contributed by atoms with Crippen molar-refractivity contribution in [2.45, 2.75) is 229 Å². The number of nitrogens with zero attached hydrogens (tertiary/aromatic N) is 2. The molecule has 0 amide bonds. The van der Waals surface area contributed by atoms with Gasteiger partial charge in [-0.1, -0.05) is 89.9 Å². The standard InChI is InChI=1S/C38H68N2/c1-5-13-33(14-6-1)39(34-15-7-2-8-16-34)37-27-23-31(24-28-37)21-22-32-25-29-38(30-26-32)40(35-17-9-3-10-18-35)36-19-11-4-12-20-36/h31-38H,1-30H2. The van der Waals surface area contributed by atoms with Gasteiger partial charge in [-0.15, -0.1) is 0 Å². The van der Waals surface area contributed by atoms with E-state index in [4.69, 9.17) is 0 Å². The van der Waals surface area contributed by atoms with Gasteiger partial charge in [0.25, 0.3) is 0 Å². The minimum absolute atomic E-state index is 0.934. The topological polar surface area (TPSA) is 6.48 Å². The van der Waals surface area contributed by atoms with Crippen LogP contribution in [0.1, 0.15) is 193 Å². The molecule has 0 aromatic rings. The molecular weight excluding hydrogens is 484 g/mol. The number of hydrogen-bond acceptors (Lipinski definition) is 2. The van der Waals surface area contributed by atoms with Crippen molar-refractivity contribution in [1.82, 2.24) is 9.80 Å². The maximum absolute atomic E-state index is 3.18. The molecule has 2 nitrogen and oxygen atoms in total. The van der Waals surface area contributed by atoms with Crippen LogP contribution in [0.2, 0.25) is 0 Å². The molecule has 40 heavy (non-hydrogen) atoms. The first-order chi connectivity index (χ1) is 19.8. The first kappa shape index (κ1) is 30.0. The Morgan fingerprint density at radius 1 is 0.250 bits per heavy atom. The Morgan fingerprint density at radius 2 is 0.475 bits per heavy atom. The Balaban J connectivity index is 0.952. The SMILES string of the molecule is C1CCC(N(C2CCCCC2)C2CCC(CCC3CCC(N(C4CCCCC4)C4CCCCC4)CC3)CC2)CC1. The van der Waals surface area contributed by atoms with E-state index in [-0.39, 0.29) is 0 Å². The molecule has 6 aliphatic rings. The summed E-state index contributed by atoms with van der Waals surface area (Å²) in [5, 5.41) is 0. The van der Waals surface area contributed by atoms with Crippen LogP contribution in [0.25, 0.3) is 0 Å². The highest BCUT2D eigenvalue weighted by Crippen LogP contribution is 2.41. The fraction of sp³-hybridized carbons (Fsp3) is 1.00. The molecule has 0 atom stereocenters. The van der Waals surface area contributed by atoms with Crippen LogP contribution in [0.4, 0.5) is 0 Å². The summed E-state index contributed by atoms with van der Waals surface area (Å²) in [7, 11) is 0. The smallest absolute Gasteiger partial charge is 0.0101 e. The Labute approximate surface area is 250 Å². The molecule has 2 heteroatoms. The molecular formula is C38H68N2. The van der Waals surface area contributed by atoms with Crippen LogP contribution in [0.3, 0.4) is 0 Å². The molecule has 0 unspecified atom stereocenters. The van der Waals surface area contributed by atoms with E-state index >= 15 is 0 Å². The van der Waals surface area contributed by atoms with Crippen molar-refractivity contribution in [3.05, 3.63) is 0 Å². The van der Waals surface area contributed by atoms with Gasteiger partial charge in [0.05, 0.1) is 0 Å². The summed E-state index contributed by atoms with van der Waals surface area (Å²) < 4.78 is 0. The summed E-state index contributed by atoms with van der Waals surface area (Å²) in [6.45, 7) is 0. The maximum atomic E-state index is 3.18.